The molecule has 2 saturated heterocycles. The van der Waals surface area contributed by atoms with Crippen LogP contribution in [-0.4, -0.2) is 93.4 Å². The number of halogens is 4. The Labute approximate surface area is 407 Å². The van der Waals surface area contributed by atoms with Crippen molar-refractivity contribution in [2.45, 2.75) is 92.3 Å². The molecule has 2 aliphatic rings. The van der Waals surface area contributed by atoms with E-state index >= 15 is 0 Å². The van der Waals surface area contributed by atoms with Crippen molar-refractivity contribution in [1.29, 1.82) is 0 Å². The van der Waals surface area contributed by atoms with Crippen LogP contribution in [0.5, 0.6) is 0 Å². The number of carbonyl (C=O) groups excluding carboxylic acids is 2. The molecule has 4 heterocycles. The van der Waals surface area contributed by atoms with E-state index in [1.807, 2.05) is 77.9 Å². The number of amides is 2. The largest absolute Gasteiger partial charge is 0.383 e. The van der Waals surface area contributed by atoms with Crippen LogP contribution in [0, 0.1) is 37.5 Å². The molecule has 372 valence electrons. The molecule has 70 heavy (non-hydrogen) atoms. The molecule has 0 unspecified atom stereocenters. The van der Waals surface area contributed by atoms with Gasteiger partial charge in [-0.3, -0.25) is 9.59 Å². The van der Waals surface area contributed by atoms with Crippen LogP contribution < -0.4 is 20.4 Å². The Hall–Kier alpha value is -6.26. The van der Waals surface area contributed by atoms with Crippen molar-refractivity contribution < 1.29 is 37.4 Å². The van der Waals surface area contributed by atoms with E-state index < -0.39 is 25.1 Å². The average molecular weight is 965 g/mol. The molecule has 16 heteroatoms. The molecular formula is C54H64F4N8O4. The van der Waals surface area contributed by atoms with Gasteiger partial charge in [-0.1, -0.05) is 88.4 Å². The van der Waals surface area contributed by atoms with Crippen molar-refractivity contribution in [3.63, 3.8) is 0 Å². The lowest BCUT2D eigenvalue weighted by atomic mass is 9.96. The van der Waals surface area contributed by atoms with Crippen molar-refractivity contribution in [3.8, 4) is 22.8 Å². The number of nitrogens with one attached hydrogen (secondary N) is 2. The fraction of sp³-hybridized carbons (Fsp3) is 0.444. The molecule has 2 amide bonds. The molecule has 2 atom stereocenters. The van der Waals surface area contributed by atoms with Gasteiger partial charge in [0.25, 0.3) is 12.9 Å². The number of nitrogens with zero attached hydrogens (tertiary/aromatic N) is 6. The summed E-state index contributed by atoms with van der Waals surface area (Å²) in [6.07, 6.45) is -3.85. The Morgan fingerprint density at radius 2 is 0.929 bits per heavy atom. The van der Waals surface area contributed by atoms with E-state index in [2.05, 4.69) is 30.4 Å². The van der Waals surface area contributed by atoms with Crippen LogP contribution in [0.3, 0.4) is 0 Å². The number of fused-ring (bicyclic) bond motifs is 2. The number of alkyl halides is 4. The molecule has 0 saturated carbocycles. The van der Waals surface area contributed by atoms with Gasteiger partial charge in [-0.15, -0.1) is 0 Å². The quantitative estimate of drug-likeness (QED) is 0.0776. The third-order valence-corrected chi connectivity index (χ3v) is 13.3. The zero-order chi connectivity index (χ0) is 50.2. The molecule has 0 bridgehead atoms. The average Bonchev–Trinajstić information content (AvgIpc) is 3.36. The molecule has 8 rings (SSSR count). The first-order valence-corrected chi connectivity index (χ1v) is 24.2. The van der Waals surface area contributed by atoms with Crippen LogP contribution in [-0.2, 0) is 9.59 Å². The Bertz CT molecular complexity index is 2570. The number of anilines is 2. The van der Waals surface area contributed by atoms with E-state index in [0.717, 1.165) is 96.4 Å². The predicted molar refractivity (Wildman–Crippen MR) is 267 cm³/mol. The van der Waals surface area contributed by atoms with Crippen LogP contribution in [0.15, 0.2) is 84.9 Å². The van der Waals surface area contributed by atoms with Gasteiger partial charge in [-0.2, -0.15) is 0 Å². The normalized spacial score (nSPS) is 15.7. The van der Waals surface area contributed by atoms with E-state index in [1.165, 1.54) is 12.1 Å². The van der Waals surface area contributed by atoms with E-state index in [9.17, 15) is 37.4 Å². The van der Waals surface area contributed by atoms with Gasteiger partial charge in [0, 0.05) is 72.3 Å². The van der Waals surface area contributed by atoms with Crippen molar-refractivity contribution >= 4 is 45.3 Å². The third kappa shape index (κ3) is 12.4. The summed E-state index contributed by atoms with van der Waals surface area (Å²) in [5.74, 6) is 1.75. The van der Waals surface area contributed by atoms with Gasteiger partial charge in [-0.25, -0.2) is 37.5 Å². The number of hydrogen-bond acceptors (Lipinski definition) is 10. The maximum absolute atomic E-state index is 13.7. The topological polar surface area (TPSA) is 157 Å². The highest BCUT2D eigenvalue weighted by molar-refractivity contribution is 5.93. The lowest BCUT2D eigenvalue weighted by Crippen LogP contribution is -2.43. The van der Waals surface area contributed by atoms with Gasteiger partial charge in [0.1, 0.15) is 23.8 Å². The van der Waals surface area contributed by atoms with E-state index in [4.69, 9.17) is 9.97 Å². The Morgan fingerprint density at radius 3 is 1.27 bits per heavy atom. The highest BCUT2D eigenvalue weighted by Crippen LogP contribution is 2.36. The molecule has 4 aromatic carbocycles. The van der Waals surface area contributed by atoms with Crippen molar-refractivity contribution in [1.82, 2.24) is 30.6 Å². The number of carbonyl (C=O) groups is 2. The van der Waals surface area contributed by atoms with Gasteiger partial charge in [0.15, 0.2) is 11.6 Å². The summed E-state index contributed by atoms with van der Waals surface area (Å²) < 4.78 is 54.8. The van der Waals surface area contributed by atoms with Gasteiger partial charge in [0.2, 0.25) is 11.8 Å². The first kappa shape index (κ1) is 51.6. The van der Waals surface area contributed by atoms with Gasteiger partial charge in [-0.05, 0) is 98.6 Å². The fourth-order valence-electron chi connectivity index (χ4n) is 8.95. The highest BCUT2D eigenvalue weighted by atomic mass is 19.3. The molecule has 4 N–H and O–H groups in total. The molecule has 2 aromatic heterocycles. The molecule has 0 aliphatic carbocycles. The number of rotatable bonds is 14. The molecule has 2 fully saturated rings. The number of aliphatic hydroxyl groups excluding tert-OH is 2. The molecule has 0 spiro atoms. The molecule has 6 aromatic rings. The number of hydrogen-bond donors (Lipinski definition) is 4. The number of aromatic nitrogens is 4. The second-order valence-corrected chi connectivity index (χ2v) is 19.3. The molecule has 2 aliphatic heterocycles. The zero-order valence-electron chi connectivity index (χ0n) is 40.7. The summed E-state index contributed by atoms with van der Waals surface area (Å²) in [5.41, 5.74) is 4.05. The van der Waals surface area contributed by atoms with Crippen molar-refractivity contribution in [3.05, 3.63) is 107 Å². The van der Waals surface area contributed by atoms with Crippen molar-refractivity contribution in [2.24, 2.45) is 23.7 Å². The smallest absolute Gasteiger partial charge is 0.264 e. The third-order valence-electron chi connectivity index (χ3n) is 13.3. The Kier molecular flexibility index (Phi) is 17.0. The molecule has 0 radical (unpaired) electrons. The summed E-state index contributed by atoms with van der Waals surface area (Å²) in [4.78, 5) is 47.4. The van der Waals surface area contributed by atoms with Crippen LogP contribution in [0.25, 0.3) is 44.6 Å². The van der Waals surface area contributed by atoms with E-state index in [-0.39, 0.29) is 34.8 Å². The number of benzene rings is 4. The van der Waals surface area contributed by atoms with E-state index in [1.54, 1.807) is 36.4 Å². The van der Waals surface area contributed by atoms with Gasteiger partial charge >= 0.3 is 0 Å². The first-order valence-electron chi connectivity index (χ1n) is 24.2. The minimum Gasteiger partial charge on any atom is -0.383 e. The summed E-state index contributed by atoms with van der Waals surface area (Å²) in [5, 5.41) is 27.4. The van der Waals surface area contributed by atoms with Gasteiger partial charge < -0.3 is 30.6 Å². The number of aryl methyl sites for hydroxylation is 2. The summed E-state index contributed by atoms with van der Waals surface area (Å²) >= 11 is 0. The minimum absolute atomic E-state index is 0.0801. The van der Waals surface area contributed by atoms with Crippen LogP contribution >= 0.6 is 0 Å². The van der Waals surface area contributed by atoms with Crippen LogP contribution in [0.4, 0.5) is 29.2 Å². The monoisotopic (exact) mass is 964 g/mol. The fourth-order valence-corrected chi connectivity index (χ4v) is 8.95. The van der Waals surface area contributed by atoms with Crippen LogP contribution in [0.2, 0.25) is 0 Å². The second kappa shape index (κ2) is 23.1. The number of piperidine rings is 2. The minimum atomic E-state index is -2.62. The first-order chi connectivity index (χ1) is 33.5. The predicted octanol–water partition coefficient (Wildman–Crippen LogP) is 9.78. The summed E-state index contributed by atoms with van der Waals surface area (Å²) in [6.45, 7) is 15.1. The van der Waals surface area contributed by atoms with E-state index in [0.29, 0.717) is 47.7 Å². The Morgan fingerprint density at radius 1 is 0.571 bits per heavy atom. The highest BCUT2D eigenvalue weighted by Gasteiger charge is 2.28. The van der Waals surface area contributed by atoms with Crippen molar-refractivity contribution in [2.75, 3.05) is 49.1 Å². The summed E-state index contributed by atoms with van der Waals surface area (Å²) in [7, 11) is 0. The lowest BCUT2D eigenvalue weighted by molar-refractivity contribution is -0.132. The lowest BCUT2D eigenvalue weighted by Gasteiger charge is -2.34. The standard InChI is InChI=1S/2C27H32F2N4O2/c2*1-16(2)23(34)27(35)30-15-18-10-12-33(13-11-18)26-21-9-8-17(3)14-22(21)31-25(32-26)20-7-5-4-6-19(20)24(28)29/h2*4-9,14,16,18,23-24,34H,10-13,15H2,1-3H3,(H,30,35)/t2*23-/m11/s1. The maximum Gasteiger partial charge on any atom is 0.264 e. The number of aliphatic hydroxyl groups is 2. The molecule has 12 nitrogen and oxygen atoms in total. The Balaban J connectivity index is 0.000000206. The summed E-state index contributed by atoms with van der Waals surface area (Å²) in [6, 6.07) is 24.7. The maximum atomic E-state index is 13.7. The SMILES string of the molecule is Cc1ccc2c(N3CCC(CNC(=O)[C@H](O)C(C)C)CC3)nc(-c3ccccc3C(F)F)nc2c1.Cc1ccc2c(N3CCC(CNC(=O)[C@H](O)C(C)C)CC3)nc(-c3ccccc3C(F)F)nc2c1. The molecular weight excluding hydrogens is 901 g/mol. The van der Waals surface area contributed by atoms with Gasteiger partial charge in [0.05, 0.1) is 11.0 Å². The zero-order valence-corrected chi connectivity index (χ0v) is 40.7. The van der Waals surface area contributed by atoms with Crippen LogP contribution in [0.1, 0.15) is 88.5 Å². The second-order valence-electron chi connectivity index (χ2n) is 19.3.